The van der Waals surface area contributed by atoms with Crippen LogP contribution in [0.2, 0.25) is 0 Å². The molecule has 0 unspecified atom stereocenters. The summed E-state index contributed by atoms with van der Waals surface area (Å²) in [4.78, 5) is 110. The molecule has 564 valence electrons. The maximum Gasteiger partial charge on any atom is 0.413 e. The minimum absolute atomic E-state index is 0.0362. The number of carbonyl (C=O) groups is 3. The van der Waals surface area contributed by atoms with E-state index in [1.165, 1.54) is 6.07 Å². The SMILES string of the molecule is CCNC(=O)Nc1nc2c(-c3ccccn3)cc(-c3cc(C)n(CCN4CCOCC4)c(=O)c3)cc2[nH]1.CCNC(=O)Nc1nc2c(-c3ncccc3F)cc(-c3ccc(CN4CCOCC4)nc3)cc2[nH]1.CCOC(=O)Nc1nc2c(-c3ccccn3)cc(-c3cc(C)n(CCN4CCOCC4)c(=O)c3)cc2[nH]1. The quantitative estimate of drug-likeness (QED) is 0.0351. The van der Waals surface area contributed by atoms with Crippen molar-refractivity contribution in [2.45, 2.75) is 54.3 Å². The van der Waals surface area contributed by atoms with Crippen molar-refractivity contribution in [3.05, 3.63) is 190 Å². The van der Waals surface area contributed by atoms with Crippen molar-refractivity contribution in [3.63, 3.8) is 0 Å². The Balaban J connectivity index is 0.000000144. The zero-order chi connectivity index (χ0) is 75.8. The number of imidazole rings is 3. The monoisotopic (exact) mass is 1480 g/mol. The molecular formula is C79H87FN20O9. The lowest BCUT2D eigenvalue weighted by Crippen LogP contribution is -2.39. The summed E-state index contributed by atoms with van der Waals surface area (Å²) in [5.41, 5.74) is 15.5. The van der Waals surface area contributed by atoms with Gasteiger partial charge in [0.2, 0.25) is 17.8 Å². The van der Waals surface area contributed by atoms with Crippen molar-refractivity contribution < 1.29 is 37.7 Å². The van der Waals surface area contributed by atoms with Gasteiger partial charge in [0.15, 0.2) is 0 Å². The fraction of sp³-hybridized carbons (Fsp3) is 0.316. The molecule has 5 amide bonds. The van der Waals surface area contributed by atoms with Crippen LogP contribution in [0.1, 0.15) is 37.9 Å². The molecule has 0 spiro atoms. The summed E-state index contributed by atoms with van der Waals surface area (Å²) in [6.45, 7) is 24.0. The number of rotatable bonds is 20. The molecule has 0 bridgehead atoms. The third-order valence-electron chi connectivity index (χ3n) is 18.8. The number of fused-ring (bicyclic) bond motifs is 3. The van der Waals surface area contributed by atoms with Gasteiger partial charge in [-0.1, -0.05) is 18.2 Å². The van der Waals surface area contributed by atoms with Gasteiger partial charge in [0.05, 0.1) is 90.9 Å². The molecule has 15 rings (SSSR count). The predicted octanol–water partition coefficient (Wildman–Crippen LogP) is 10.7. The topological polar surface area (TPSA) is 340 Å². The second kappa shape index (κ2) is 35.6. The molecule has 0 atom stereocenters. The second-order valence-electron chi connectivity index (χ2n) is 26.2. The zero-order valence-electron chi connectivity index (χ0n) is 61.4. The molecule has 3 aliphatic rings. The molecule has 9 aromatic heterocycles. The fourth-order valence-corrected chi connectivity index (χ4v) is 13.3. The van der Waals surface area contributed by atoms with Crippen LogP contribution in [0.5, 0.6) is 0 Å². The molecule has 3 aromatic carbocycles. The Morgan fingerprint density at radius 1 is 0.477 bits per heavy atom. The van der Waals surface area contributed by atoms with Gasteiger partial charge in [-0.25, -0.2) is 33.7 Å². The number of aryl methyl sites for hydroxylation is 2. The molecule has 30 heteroatoms. The minimum atomic E-state index is -0.586. The highest BCUT2D eigenvalue weighted by atomic mass is 19.1. The molecule has 3 saturated heterocycles. The molecule has 12 aromatic rings. The Morgan fingerprint density at radius 3 is 1.35 bits per heavy atom. The lowest BCUT2D eigenvalue weighted by Gasteiger charge is -2.27. The Morgan fingerprint density at radius 2 is 0.917 bits per heavy atom. The summed E-state index contributed by atoms with van der Waals surface area (Å²) in [6.07, 6.45) is 6.23. The number of hydrogen-bond acceptors (Lipinski definition) is 19. The van der Waals surface area contributed by atoms with Crippen LogP contribution in [-0.2, 0) is 38.6 Å². The maximum atomic E-state index is 14.7. The summed E-state index contributed by atoms with van der Waals surface area (Å²) in [7, 11) is 0. The second-order valence-corrected chi connectivity index (χ2v) is 26.2. The standard InChI is InChI=1S/C27H31N7O3.C27H30N6O4.C25H26FN7O2/c1-3-28-27(36)32-26-30-23-16-20(15-21(25(23)31-26)22-6-4-5-7-29-22)19-14-18(2)34(24(35)17-19)9-8-33-10-12-37-13-11-33;1-3-37-27(35)31-26-29-23-16-20(15-21(25(23)30-26)22-6-4-5-7-28-22)19-14-18(2)33(24(34)17-19)9-8-32-10-12-36-13-11-32;1-2-27-25(34)32-24-30-21-13-17(12-19(23(21)31-24)22-20(26)4-3-7-28-22)16-5-6-18(29-14-16)15-33-8-10-35-11-9-33/h4-7,14-17H,3,8-13H2,1-2H3,(H3,28,30,31,32,36);4-7,14-17H,3,8-13H2,1-2H3,(H2,29,30,31,35);3-7,12-14H,2,8-11,15H2,1H3,(H3,27,30,31,32,34). The minimum Gasteiger partial charge on any atom is -0.450 e. The Bertz CT molecular complexity index is 5060. The van der Waals surface area contributed by atoms with Crippen molar-refractivity contribution in [1.82, 2.24) is 84.3 Å². The van der Waals surface area contributed by atoms with Gasteiger partial charge < -0.3 is 53.7 Å². The van der Waals surface area contributed by atoms with E-state index in [2.05, 4.69) is 91.1 Å². The first-order valence-corrected chi connectivity index (χ1v) is 36.5. The molecule has 29 nitrogen and oxygen atoms in total. The number of hydrogen-bond donors (Lipinski definition) is 8. The van der Waals surface area contributed by atoms with Crippen LogP contribution in [-0.4, -0.2) is 204 Å². The van der Waals surface area contributed by atoms with E-state index in [1.807, 2.05) is 140 Å². The third-order valence-corrected chi connectivity index (χ3v) is 18.8. The van der Waals surface area contributed by atoms with Gasteiger partial charge >= 0.3 is 18.2 Å². The van der Waals surface area contributed by atoms with Crippen LogP contribution in [0.15, 0.2) is 156 Å². The van der Waals surface area contributed by atoms with Gasteiger partial charge in [0, 0.05) is 156 Å². The Labute approximate surface area is 627 Å². The molecule has 3 aliphatic heterocycles. The van der Waals surface area contributed by atoms with Gasteiger partial charge in [0.1, 0.15) is 17.0 Å². The molecule has 0 saturated carbocycles. The lowest BCUT2D eigenvalue weighted by molar-refractivity contribution is 0.0336. The van der Waals surface area contributed by atoms with Crippen molar-refractivity contribution in [1.29, 1.82) is 0 Å². The summed E-state index contributed by atoms with van der Waals surface area (Å²) in [5, 5.41) is 13.4. The van der Waals surface area contributed by atoms with E-state index in [9.17, 15) is 28.4 Å². The first-order chi connectivity index (χ1) is 53.1. The average Bonchev–Trinajstić information content (AvgIpc) is 1.70. The van der Waals surface area contributed by atoms with Gasteiger partial charge in [0.25, 0.3) is 11.1 Å². The number of ether oxygens (including phenoxy) is 4. The molecular weight excluding hydrogens is 1390 g/mol. The van der Waals surface area contributed by atoms with E-state index in [-0.39, 0.29) is 47.4 Å². The number of pyridine rings is 6. The molecule has 0 radical (unpaired) electrons. The maximum absolute atomic E-state index is 14.7. The van der Waals surface area contributed by atoms with Gasteiger partial charge in [-0.3, -0.25) is 60.2 Å². The summed E-state index contributed by atoms with van der Waals surface area (Å²) in [6, 6.07) is 36.6. The number of nitrogens with zero attached hydrogens (tertiary/aromatic N) is 12. The van der Waals surface area contributed by atoms with E-state index in [0.29, 0.717) is 65.3 Å². The number of H-pyrrole nitrogens is 3. The number of morpholine rings is 3. The van der Waals surface area contributed by atoms with Crippen LogP contribution >= 0.6 is 0 Å². The number of aromatic nitrogens is 12. The van der Waals surface area contributed by atoms with Crippen LogP contribution in [0.25, 0.3) is 100 Å². The van der Waals surface area contributed by atoms with E-state index in [0.717, 1.165) is 177 Å². The van der Waals surface area contributed by atoms with Crippen molar-refractivity contribution >= 4 is 69.1 Å². The summed E-state index contributed by atoms with van der Waals surface area (Å²) < 4.78 is 39.6. The van der Waals surface area contributed by atoms with Gasteiger partial charge in [-0.15, -0.1) is 0 Å². The smallest absolute Gasteiger partial charge is 0.413 e. The van der Waals surface area contributed by atoms with E-state index in [4.69, 9.17) is 18.9 Å². The number of amides is 5. The van der Waals surface area contributed by atoms with Crippen LogP contribution in [0, 0.1) is 19.7 Å². The lowest BCUT2D eigenvalue weighted by atomic mass is 10.00. The van der Waals surface area contributed by atoms with Gasteiger partial charge in [-0.2, -0.15) is 0 Å². The molecule has 8 N–H and O–H groups in total. The first kappa shape index (κ1) is 75.3. The van der Waals surface area contributed by atoms with E-state index in [1.54, 1.807) is 43.7 Å². The Kier molecular flexibility index (Phi) is 24.6. The highest BCUT2D eigenvalue weighted by Gasteiger charge is 2.23. The highest BCUT2D eigenvalue weighted by molar-refractivity contribution is 6.01. The molecule has 109 heavy (non-hydrogen) atoms. The number of anilines is 3. The normalized spacial score (nSPS) is 14.1. The van der Waals surface area contributed by atoms with Crippen LogP contribution < -0.4 is 37.7 Å². The van der Waals surface area contributed by atoms with Crippen LogP contribution in [0.3, 0.4) is 0 Å². The van der Waals surface area contributed by atoms with Crippen molar-refractivity contribution in [3.8, 4) is 67.2 Å². The third kappa shape index (κ3) is 18.9. The van der Waals surface area contributed by atoms with Crippen LogP contribution in [0.4, 0.5) is 36.6 Å². The number of carbonyl (C=O) groups excluding carboxylic acids is 3. The number of halogens is 1. The van der Waals surface area contributed by atoms with Crippen molar-refractivity contribution in [2.75, 3.05) is 128 Å². The predicted molar refractivity (Wildman–Crippen MR) is 417 cm³/mol. The number of nitrogens with one attached hydrogen (secondary N) is 8. The Hall–Kier alpha value is -11.9. The number of aromatic amines is 3. The van der Waals surface area contributed by atoms with Gasteiger partial charge in [-0.05, 0) is 153 Å². The van der Waals surface area contributed by atoms with E-state index >= 15 is 0 Å². The fourth-order valence-electron chi connectivity index (χ4n) is 13.3. The zero-order valence-corrected chi connectivity index (χ0v) is 61.4. The number of urea groups is 2. The van der Waals surface area contributed by atoms with Crippen molar-refractivity contribution in [2.24, 2.45) is 0 Å². The molecule has 3 fully saturated rings. The molecule has 0 aliphatic carbocycles. The largest absolute Gasteiger partial charge is 0.450 e. The highest BCUT2D eigenvalue weighted by Crippen LogP contribution is 2.37. The van der Waals surface area contributed by atoms with E-state index < -0.39 is 11.9 Å². The first-order valence-electron chi connectivity index (χ1n) is 36.5. The number of benzene rings is 3. The molecule has 12 heterocycles. The average molecular weight is 1480 g/mol. The summed E-state index contributed by atoms with van der Waals surface area (Å²) >= 11 is 0. The summed E-state index contributed by atoms with van der Waals surface area (Å²) in [5.74, 6) is 0.424.